The van der Waals surface area contributed by atoms with Gasteiger partial charge in [-0.1, -0.05) is 48.3 Å². The number of aliphatic carboxylic acids is 1. The van der Waals surface area contributed by atoms with E-state index in [0.29, 0.717) is 16.1 Å². The van der Waals surface area contributed by atoms with Crippen LogP contribution >= 0.6 is 23.2 Å². The fourth-order valence-corrected chi connectivity index (χ4v) is 6.55. The number of benzene rings is 3. The molecule has 2 heterocycles. The number of ether oxygens (including phenoxy) is 3. The molecule has 1 fully saturated rings. The van der Waals surface area contributed by atoms with Gasteiger partial charge in [-0.2, -0.15) is 0 Å². The minimum atomic E-state index is -2.11. The number of alkyl halides is 1. The first-order valence-corrected chi connectivity index (χ1v) is 14.8. The highest BCUT2D eigenvalue weighted by molar-refractivity contribution is 6.31. The second-order valence-electron chi connectivity index (χ2n) is 10.9. The van der Waals surface area contributed by atoms with Crippen molar-refractivity contribution in [3.8, 4) is 5.75 Å². The van der Waals surface area contributed by atoms with Gasteiger partial charge >= 0.3 is 5.97 Å². The Morgan fingerprint density at radius 1 is 1.09 bits per heavy atom. The summed E-state index contributed by atoms with van der Waals surface area (Å²) in [5.74, 6) is -2.67. The maximum Gasteiger partial charge on any atom is 0.341 e. The average Bonchev–Trinajstić information content (AvgIpc) is 3.25. The summed E-state index contributed by atoms with van der Waals surface area (Å²) in [7, 11) is 1.32. The van der Waals surface area contributed by atoms with Gasteiger partial charge in [-0.05, 0) is 48.4 Å². The lowest BCUT2D eigenvalue weighted by atomic mass is 9.72. The summed E-state index contributed by atoms with van der Waals surface area (Å²) in [5.41, 5.74) is -5.66. The minimum absolute atomic E-state index is 0.0751. The van der Waals surface area contributed by atoms with E-state index in [1.54, 1.807) is 43.3 Å². The molecule has 0 radical (unpaired) electrons. The van der Waals surface area contributed by atoms with E-state index in [0.717, 1.165) is 6.07 Å². The third-order valence-electron chi connectivity index (χ3n) is 8.54. The maximum absolute atomic E-state index is 16.5. The Bertz CT molecular complexity index is 1580. The zero-order valence-electron chi connectivity index (χ0n) is 24.0. The predicted molar refractivity (Wildman–Crippen MR) is 158 cm³/mol. The average molecular weight is 651 g/mol. The number of methoxy groups -OCH3 is 1. The quantitative estimate of drug-likeness (QED) is 0.269. The Balaban J connectivity index is 1.70. The van der Waals surface area contributed by atoms with Gasteiger partial charge in [-0.25, -0.2) is 13.6 Å². The monoisotopic (exact) mass is 649 g/mol. The van der Waals surface area contributed by atoms with Crippen molar-refractivity contribution in [2.45, 2.75) is 49.7 Å². The van der Waals surface area contributed by atoms with E-state index >= 15 is 8.78 Å². The van der Waals surface area contributed by atoms with E-state index in [1.807, 2.05) is 0 Å². The van der Waals surface area contributed by atoms with Crippen molar-refractivity contribution < 1.29 is 42.8 Å². The summed E-state index contributed by atoms with van der Waals surface area (Å²) in [4.78, 5) is 26.8. The molecule has 1 saturated heterocycles. The number of halogens is 4. The molecular formula is C32H31Cl2F2NO7. The number of carboxylic acids is 1. The SMILES string of the molecule is CCC(O)(c1cc(F)c2c(c1)C(=O)N(Cc1ccc(Cl)cc1OCC(=O)O)C2(OC)c1ccc(Cl)cc1)C1(F)CCOCC1. The van der Waals surface area contributed by atoms with E-state index in [9.17, 15) is 19.8 Å². The van der Waals surface area contributed by atoms with Crippen molar-refractivity contribution >= 4 is 35.1 Å². The van der Waals surface area contributed by atoms with Crippen molar-refractivity contribution in [3.63, 3.8) is 0 Å². The molecule has 2 atom stereocenters. The van der Waals surface area contributed by atoms with Gasteiger partial charge in [-0.15, -0.1) is 0 Å². The summed E-state index contributed by atoms with van der Waals surface area (Å²) >= 11 is 12.3. The number of fused-ring (bicyclic) bond motifs is 1. The van der Waals surface area contributed by atoms with Gasteiger partial charge in [0.05, 0.1) is 17.7 Å². The Morgan fingerprint density at radius 2 is 1.75 bits per heavy atom. The van der Waals surface area contributed by atoms with E-state index < -0.39 is 41.3 Å². The Labute approximate surface area is 263 Å². The van der Waals surface area contributed by atoms with Crippen LogP contribution in [0.25, 0.3) is 0 Å². The fraction of sp³-hybridized carbons (Fsp3) is 0.375. The van der Waals surface area contributed by atoms with Crippen LogP contribution in [-0.2, 0) is 32.1 Å². The molecule has 1 amide bonds. The standard InChI is InChI=1S/C32H31Cl2F2NO7/c1-3-31(41,30(36)10-12-43-13-11-30)21-14-24-28(25(35)15-21)32(42-2,20-5-8-22(33)9-6-20)37(29(24)40)17-19-4-7-23(34)16-26(19)44-18-27(38)39/h4-9,14-16,41H,3,10-13,17-18H2,1-2H3,(H,38,39). The Hall–Kier alpha value is -3.28. The molecule has 44 heavy (non-hydrogen) atoms. The lowest BCUT2D eigenvalue weighted by Gasteiger charge is -2.44. The highest BCUT2D eigenvalue weighted by Crippen LogP contribution is 2.51. The van der Waals surface area contributed by atoms with E-state index in [2.05, 4.69) is 0 Å². The Kier molecular flexibility index (Phi) is 8.94. The first-order chi connectivity index (χ1) is 20.9. The molecule has 5 rings (SSSR count). The normalized spacial score (nSPS) is 20.7. The molecule has 0 aromatic heterocycles. The number of carboxylic acid groups (broad SMARTS) is 1. The molecule has 0 bridgehead atoms. The van der Waals surface area contributed by atoms with Gasteiger partial charge in [0.25, 0.3) is 5.91 Å². The number of hydrogen-bond donors (Lipinski definition) is 2. The topological polar surface area (TPSA) is 106 Å². The first-order valence-electron chi connectivity index (χ1n) is 14.0. The highest BCUT2D eigenvalue weighted by Gasteiger charge is 2.57. The van der Waals surface area contributed by atoms with Crippen LogP contribution in [0, 0.1) is 5.82 Å². The zero-order valence-corrected chi connectivity index (χ0v) is 25.6. The number of nitrogens with zero attached hydrogens (tertiary/aromatic N) is 1. The van der Waals surface area contributed by atoms with Gasteiger partial charge in [0.15, 0.2) is 12.3 Å². The summed E-state index contributed by atoms with van der Waals surface area (Å²) in [6.07, 6.45) is -0.279. The van der Waals surface area contributed by atoms with Gasteiger partial charge in [0.2, 0.25) is 0 Å². The van der Waals surface area contributed by atoms with Crippen molar-refractivity contribution in [3.05, 3.63) is 98.3 Å². The second-order valence-corrected chi connectivity index (χ2v) is 11.7. The van der Waals surface area contributed by atoms with Crippen LogP contribution in [0.5, 0.6) is 5.75 Å². The molecular weight excluding hydrogens is 619 g/mol. The molecule has 2 unspecified atom stereocenters. The van der Waals surface area contributed by atoms with Crippen molar-refractivity contribution in [2.24, 2.45) is 0 Å². The third kappa shape index (κ3) is 5.32. The molecule has 2 aliphatic heterocycles. The smallest absolute Gasteiger partial charge is 0.341 e. The number of carbonyl (C=O) groups is 2. The number of aliphatic hydroxyl groups is 1. The molecule has 0 saturated carbocycles. The van der Waals surface area contributed by atoms with Gasteiger partial charge < -0.3 is 24.4 Å². The molecule has 2 aliphatic rings. The van der Waals surface area contributed by atoms with Gasteiger partial charge in [0, 0.05) is 54.3 Å². The van der Waals surface area contributed by atoms with E-state index in [1.165, 1.54) is 24.1 Å². The summed E-state index contributed by atoms with van der Waals surface area (Å²) in [6.45, 7) is 0.888. The van der Waals surface area contributed by atoms with Crippen LogP contribution in [0.4, 0.5) is 8.78 Å². The molecule has 3 aromatic carbocycles. The lowest BCUT2D eigenvalue weighted by molar-refractivity contribution is -0.155. The molecule has 12 heteroatoms. The number of carbonyl (C=O) groups excluding carboxylic acids is 1. The largest absolute Gasteiger partial charge is 0.482 e. The first kappa shape index (κ1) is 32.1. The zero-order chi connectivity index (χ0) is 31.9. The van der Waals surface area contributed by atoms with Crippen LogP contribution < -0.4 is 4.74 Å². The van der Waals surface area contributed by atoms with E-state index in [-0.39, 0.29) is 66.5 Å². The van der Waals surface area contributed by atoms with Crippen LogP contribution in [0.1, 0.15) is 58.8 Å². The maximum atomic E-state index is 16.5. The number of rotatable bonds is 10. The molecule has 8 nitrogen and oxygen atoms in total. The molecule has 0 spiro atoms. The van der Waals surface area contributed by atoms with Crippen LogP contribution in [0.3, 0.4) is 0 Å². The third-order valence-corrected chi connectivity index (χ3v) is 9.03. The Morgan fingerprint density at radius 3 is 2.36 bits per heavy atom. The fourth-order valence-electron chi connectivity index (χ4n) is 6.26. The van der Waals surface area contributed by atoms with Crippen LogP contribution in [0.2, 0.25) is 10.0 Å². The van der Waals surface area contributed by atoms with Crippen LogP contribution in [-0.4, -0.2) is 59.6 Å². The van der Waals surface area contributed by atoms with Crippen LogP contribution in [0.15, 0.2) is 54.6 Å². The van der Waals surface area contributed by atoms with Crippen molar-refractivity contribution in [2.75, 3.05) is 26.9 Å². The van der Waals surface area contributed by atoms with Crippen molar-refractivity contribution in [1.82, 2.24) is 4.90 Å². The molecule has 2 N–H and O–H groups in total. The summed E-state index contributed by atoms with van der Waals surface area (Å²) < 4.78 is 49.7. The predicted octanol–water partition coefficient (Wildman–Crippen LogP) is 6.22. The lowest BCUT2D eigenvalue weighted by Crippen LogP contribution is -2.51. The van der Waals surface area contributed by atoms with Gasteiger partial charge in [-0.3, -0.25) is 9.69 Å². The number of amides is 1. The van der Waals surface area contributed by atoms with Gasteiger partial charge in [0.1, 0.15) is 22.8 Å². The second kappa shape index (κ2) is 12.3. The number of hydrogen-bond acceptors (Lipinski definition) is 6. The van der Waals surface area contributed by atoms with Crippen molar-refractivity contribution in [1.29, 1.82) is 0 Å². The molecule has 234 valence electrons. The molecule has 3 aromatic rings. The molecule has 0 aliphatic carbocycles. The highest BCUT2D eigenvalue weighted by atomic mass is 35.5. The summed E-state index contributed by atoms with van der Waals surface area (Å²) in [6, 6.07) is 13.2. The summed E-state index contributed by atoms with van der Waals surface area (Å²) in [5, 5.41) is 21.6. The van der Waals surface area contributed by atoms with E-state index in [4.69, 9.17) is 37.4 Å². The minimum Gasteiger partial charge on any atom is -0.482 e.